The average molecular weight is 316 g/mol. The van der Waals surface area contributed by atoms with Crippen molar-refractivity contribution in [2.45, 2.75) is 13.8 Å². The summed E-state index contributed by atoms with van der Waals surface area (Å²) in [5.41, 5.74) is 1.93. The highest BCUT2D eigenvalue weighted by Gasteiger charge is 2.12. The first kappa shape index (κ1) is 15.9. The lowest BCUT2D eigenvalue weighted by Gasteiger charge is -2.19. The molecule has 1 aromatic carbocycles. The lowest BCUT2D eigenvalue weighted by atomic mass is 10.2. The van der Waals surface area contributed by atoms with Gasteiger partial charge in [0.05, 0.1) is 4.92 Å². The van der Waals surface area contributed by atoms with Crippen LogP contribution in [0.1, 0.15) is 17.4 Å². The molecular formula is C16H16N2O3S. The van der Waals surface area contributed by atoms with E-state index in [0.29, 0.717) is 11.4 Å². The number of likely N-dealkylation sites (N-methyl/N-ethyl adjacent to an activating group) is 1. The molecule has 0 aliphatic heterocycles. The second-order valence-electron chi connectivity index (χ2n) is 4.69. The summed E-state index contributed by atoms with van der Waals surface area (Å²) in [7, 11) is 0. The quantitative estimate of drug-likeness (QED) is 0.475. The van der Waals surface area contributed by atoms with Gasteiger partial charge >= 0.3 is 5.00 Å². The van der Waals surface area contributed by atoms with E-state index in [0.717, 1.165) is 22.6 Å². The molecule has 0 fully saturated rings. The van der Waals surface area contributed by atoms with Crippen molar-refractivity contribution in [2.75, 3.05) is 11.4 Å². The summed E-state index contributed by atoms with van der Waals surface area (Å²) >= 11 is 1.04. The predicted molar refractivity (Wildman–Crippen MR) is 89.2 cm³/mol. The number of nitro groups is 1. The van der Waals surface area contributed by atoms with Crippen LogP contribution < -0.4 is 4.90 Å². The van der Waals surface area contributed by atoms with Gasteiger partial charge in [0.25, 0.3) is 5.91 Å². The van der Waals surface area contributed by atoms with E-state index in [2.05, 4.69) is 0 Å². The topological polar surface area (TPSA) is 63.5 Å². The highest BCUT2D eigenvalue weighted by Crippen LogP contribution is 2.25. The van der Waals surface area contributed by atoms with E-state index < -0.39 is 4.92 Å². The molecule has 2 aromatic rings. The molecule has 0 saturated carbocycles. The van der Waals surface area contributed by atoms with Crippen molar-refractivity contribution in [1.29, 1.82) is 0 Å². The van der Waals surface area contributed by atoms with E-state index in [1.54, 1.807) is 17.0 Å². The Bertz CT molecular complexity index is 722. The van der Waals surface area contributed by atoms with Gasteiger partial charge in [0.1, 0.15) is 0 Å². The van der Waals surface area contributed by atoms with E-state index in [1.165, 1.54) is 12.1 Å². The summed E-state index contributed by atoms with van der Waals surface area (Å²) in [6, 6.07) is 10.8. The van der Waals surface area contributed by atoms with Crippen molar-refractivity contribution >= 4 is 34.0 Å². The second-order valence-corrected chi connectivity index (χ2v) is 5.78. The first-order valence-electron chi connectivity index (χ1n) is 6.81. The van der Waals surface area contributed by atoms with Crippen LogP contribution in [0.25, 0.3) is 6.08 Å². The van der Waals surface area contributed by atoms with Gasteiger partial charge in [-0.3, -0.25) is 14.9 Å². The molecule has 0 aliphatic carbocycles. The third-order valence-corrected chi connectivity index (χ3v) is 4.08. The smallest absolute Gasteiger partial charge is 0.309 e. The highest BCUT2D eigenvalue weighted by molar-refractivity contribution is 7.16. The molecule has 6 heteroatoms. The molecule has 0 saturated heterocycles. The van der Waals surface area contributed by atoms with Crippen LogP contribution in [0.4, 0.5) is 10.7 Å². The number of rotatable bonds is 5. The van der Waals surface area contributed by atoms with Gasteiger partial charge in [-0.2, -0.15) is 0 Å². The van der Waals surface area contributed by atoms with Crippen LogP contribution in [-0.2, 0) is 4.79 Å². The molecule has 5 nitrogen and oxygen atoms in total. The number of aryl methyl sites for hydroxylation is 1. The molecule has 2 rings (SSSR count). The molecule has 1 heterocycles. The Balaban J connectivity index is 2.14. The monoisotopic (exact) mass is 316 g/mol. The molecule has 1 amide bonds. The zero-order valence-electron chi connectivity index (χ0n) is 12.4. The number of thiophene rings is 1. The SMILES string of the molecule is CCN(C(=O)/C=C/c1ccc([N+](=O)[O-])s1)c1cccc(C)c1. The average Bonchev–Trinajstić information content (AvgIpc) is 2.95. The highest BCUT2D eigenvalue weighted by atomic mass is 32.1. The molecule has 0 aliphatic rings. The minimum Gasteiger partial charge on any atom is -0.309 e. The van der Waals surface area contributed by atoms with E-state index in [-0.39, 0.29) is 10.9 Å². The summed E-state index contributed by atoms with van der Waals surface area (Å²) in [6.07, 6.45) is 3.06. The number of hydrogen-bond donors (Lipinski definition) is 0. The zero-order chi connectivity index (χ0) is 16.1. The number of benzene rings is 1. The summed E-state index contributed by atoms with van der Waals surface area (Å²) in [4.78, 5) is 24.9. The number of carbonyl (C=O) groups is 1. The van der Waals surface area contributed by atoms with Crippen molar-refractivity contribution in [3.63, 3.8) is 0 Å². The van der Waals surface area contributed by atoms with Gasteiger partial charge in [-0.1, -0.05) is 23.5 Å². The standard InChI is InChI=1S/C16H16N2O3S/c1-3-17(13-6-4-5-12(2)11-13)15(19)9-7-14-8-10-16(22-14)18(20)21/h4-11H,3H2,1-2H3/b9-7+. The first-order valence-corrected chi connectivity index (χ1v) is 7.63. The minimum absolute atomic E-state index is 0.0677. The van der Waals surface area contributed by atoms with Crippen molar-refractivity contribution in [3.05, 3.63) is 63.0 Å². The molecule has 0 radical (unpaired) electrons. The van der Waals surface area contributed by atoms with Gasteiger partial charge < -0.3 is 4.90 Å². The number of hydrogen-bond acceptors (Lipinski definition) is 4. The Kier molecular flexibility index (Phi) is 5.06. The summed E-state index contributed by atoms with van der Waals surface area (Å²) < 4.78 is 0. The lowest BCUT2D eigenvalue weighted by Crippen LogP contribution is -2.28. The number of amides is 1. The Labute approximate surface area is 132 Å². The summed E-state index contributed by atoms with van der Waals surface area (Å²) in [5, 5.41) is 10.7. The lowest BCUT2D eigenvalue weighted by molar-refractivity contribution is -0.380. The van der Waals surface area contributed by atoms with Crippen molar-refractivity contribution in [3.8, 4) is 0 Å². The summed E-state index contributed by atoms with van der Waals surface area (Å²) in [5.74, 6) is -0.149. The Morgan fingerprint density at radius 3 is 2.73 bits per heavy atom. The van der Waals surface area contributed by atoms with E-state index in [1.807, 2.05) is 38.1 Å². The minimum atomic E-state index is -0.436. The molecule has 1 aromatic heterocycles. The molecule has 0 unspecified atom stereocenters. The molecule has 114 valence electrons. The van der Waals surface area contributed by atoms with E-state index >= 15 is 0 Å². The number of anilines is 1. The normalized spacial score (nSPS) is 10.8. The molecule has 0 atom stereocenters. The largest absolute Gasteiger partial charge is 0.324 e. The van der Waals surface area contributed by atoms with E-state index in [9.17, 15) is 14.9 Å². The van der Waals surface area contributed by atoms with Crippen molar-refractivity contribution in [2.24, 2.45) is 0 Å². The van der Waals surface area contributed by atoms with Gasteiger partial charge in [-0.05, 0) is 43.7 Å². The zero-order valence-corrected chi connectivity index (χ0v) is 13.2. The number of carbonyl (C=O) groups excluding carboxylic acids is 1. The van der Waals surface area contributed by atoms with Gasteiger partial charge in [0, 0.05) is 29.3 Å². The molecule has 0 N–H and O–H groups in total. The Hall–Kier alpha value is -2.47. The third kappa shape index (κ3) is 3.79. The number of nitrogens with zero attached hydrogens (tertiary/aromatic N) is 2. The fourth-order valence-corrected chi connectivity index (χ4v) is 2.76. The first-order chi connectivity index (χ1) is 10.5. The summed E-state index contributed by atoms with van der Waals surface area (Å²) in [6.45, 7) is 4.43. The van der Waals surface area contributed by atoms with E-state index in [4.69, 9.17) is 0 Å². The molecule has 0 spiro atoms. The van der Waals surface area contributed by atoms with Crippen LogP contribution in [0.5, 0.6) is 0 Å². The van der Waals surface area contributed by atoms with Crippen LogP contribution in [-0.4, -0.2) is 17.4 Å². The van der Waals surface area contributed by atoms with Crippen LogP contribution in [0.3, 0.4) is 0 Å². The fraction of sp³-hybridized carbons (Fsp3) is 0.188. The van der Waals surface area contributed by atoms with Crippen molar-refractivity contribution in [1.82, 2.24) is 0 Å². The maximum absolute atomic E-state index is 12.3. The van der Waals surface area contributed by atoms with Crippen LogP contribution >= 0.6 is 11.3 Å². The Morgan fingerprint density at radius 1 is 1.36 bits per heavy atom. The fourth-order valence-electron chi connectivity index (χ4n) is 2.03. The Morgan fingerprint density at radius 2 is 2.14 bits per heavy atom. The predicted octanol–water partition coefficient (Wildman–Crippen LogP) is 4.03. The molecule has 22 heavy (non-hydrogen) atoms. The van der Waals surface area contributed by atoms with Crippen LogP contribution in [0, 0.1) is 17.0 Å². The molecular weight excluding hydrogens is 300 g/mol. The third-order valence-electron chi connectivity index (χ3n) is 3.08. The van der Waals surface area contributed by atoms with Gasteiger partial charge in [0.15, 0.2) is 0 Å². The van der Waals surface area contributed by atoms with Crippen LogP contribution in [0.2, 0.25) is 0 Å². The van der Waals surface area contributed by atoms with Crippen LogP contribution in [0.15, 0.2) is 42.5 Å². The van der Waals surface area contributed by atoms with Gasteiger partial charge in [-0.15, -0.1) is 0 Å². The van der Waals surface area contributed by atoms with Crippen molar-refractivity contribution < 1.29 is 9.72 Å². The van der Waals surface area contributed by atoms with Gasteiger partial charge in [0.2, 0.25) is 0 Å². The molecule has 0 bridgehead atoms. The second kappa shape index (κ2) is 7.00. The maximum atomic E-state index is 12.3. The van der Waals surface area contributed by atoms with Gasteiger partial charge in [-0.25, -0.2) is 0 Å². The maximum Gasteiger partial charge on any atom is 0.324 e.